The van der Waals surface area contributed by atoms with Crippen LogP contribution in [0.5, 0.6) is 0 Å². The van der Waals surface area contributed by atoms with Gasteiger partial charge in [0.1, 0.15) is 12.3 Å². The summed E-state index contributed by atoms with van der Waals surface area (Å²) in [5.74, 6) is -0.218. The van der Waals surface area contributed by atoms with Crippen LogP contribution in [-0.2, 0) is 14.3 Å². The number of ether oxygens (including phenoxy) is 2. The van der Waals surface area contributed by atoms with Crippen LogP contribution in [0.15, 0.2) is 12.7 Å². The molecule has 0 aromatic carbocycles. The molecule has 1 fully saturated rings. The minimum Gasteiger partial charge on any atom is -0.468 e. The zero-order chi connectivity index (χ0) is 9.68. The van der Waals surface area contributed by atoms with Gasteiger partial charge >= 0.3 is 5.97 Å². The number of hydrogen-bond donors (Lipinski definition) is 1. The van der Waals surface area contributed by atoms with Gasteiger partial charge in [-0.2, -0.15) is 0 Å². The van der Waals surface area contributed by atoms with Gasteiger partial charge in [-0.1, -0.05) is 6.08 Å². The average molecular weight is 185 g/mol. The predicted molar refractivity (Wildman–Crippen MR) is 48.1 cm³/mol. The third-order valence-electron chi connectivity index (χ3n) is 2.01. The van der Waals surface area contributed by atoms with E-state index in [4.69, 9.17) is 4.74 Å². The van der Waals surface area contributed by atoms with Gasteiger partial charge < -0.3 is 9.47 Å². The van der Waals surface area contributed by atoms with Gasteiger partial charge in [0, 0.05) is 0 Å². The maximum Gasteiger partial charge on any atom is 0.322 e. The van der Waals surface area contributed by atoms with Crippen molar-refractivity contribution in [2.24, 2.45) is 0 Å². The Balaban J connectivity index is 2.27. The molecule has 13 heavy (non-hydrogen) atoms. The van der Waals surface area contributed by atoms with Crippen LogP contribution in [0.4, 0.5) is 0 Å². The second-order valence-electron chi connectivity index (χ2n) is 2.93. The molecule has 0 bridgehead atoms. The number of carbonyl (C=O) groups excluding carboxylic acids is 1. The second kappa shape index (κ2) is 4.99. The largest absolute Gasteiger partial charge is 0.468 e. The lowest BCUT2D eigenvalue weighted by Gasteiger charge is -2.12. The summed E-state index contributed by atoms with van der Waals surface area (Å²) in [6.07, 6.45) is 3.26. The minimum atomic E-state index is -0.218. The van der Waals surface area contributed by atoms with E-state index in [2.05, 4.69) is 16.6 Å². The standard InChI is InChI=1S/C9H15NO3/c1-3-6-13-8-5-4-7(10-8)9(11)12-2/h3,7-8,10H,1,4-6H2,2H3. The van der Waals surface area contributed by atoms with Crippen LogP contribution in [0, 0.1) is 0 Å². The van der Waals surface area contributed by atoms with E-state index in [0.29, 0.717) is 6.61 Å². The number of nitrogens with one attached hydrogen (secondary N) is 1. The molecule has 4 heteroatoms. The van der Waals surface area contributed by atoms with Crippen molar-refractivity contribution >= 4 is 5.97 Å². The number of hydrogen-bond acceptors (Lipinski definition) is 4. The minimum absolute atomic E-state index is 0.0397. The zero-order valence-electron chi connectivity index (χ0n) is 7.79. The third-order valence-corrected chi connectivity index (χ3v) is 2.01. The first kappa shape index (κ1) is 10.2. The summed E-state index contributed by atoms with van der Waals surface area (Å²) in [6.45, 7) is 4.05. The van der Waals surface area contributed by atoms with E-state index in [0.717, 1.165) is 12.8 Å². The molecule has 2 atom stereocenters. The summed E-state index contributed by atoms with van der Waals surface area (Å²) in [6, 6.07) is -0.209. The highest BCUT2D eigenvalue weighted by Crippen LogP contribution is 2.14. The smallest absolute Gasteiger partial charge is 0.322 e. The van der Waals surface area contributed by atoms with Crippen LogP contribution in [0.1, 0.15) is 12.8 Å². The monoisotopic (exact) mass is 185 g/mol. The van der Waals surface area contributed by atoms with Crippen LogP contribution in [0.2, 0.25) is 0 Å². The fourth-order valence-corrected chi connectivity index (χ4v) is 1.35. The Morgan fingerprint density at radius 3 is 3.08 bits per heavy atom. The average Bonchev–Trinajstić information content (AvgIpc) is 2.62. The SMILES string of the molecule is C=CCOC1CCC(C(=O)OC)N1. The number of methoxy groups -OCH3 is 1. The molecule has 1 N–H and O–H groups in total. The molecule has 0 aromatic heterocycles. The summed E-state index contributed by atoms with van der Waals surface area (Å²) in [4.78, 5) is 11.1. The number of esters is 1. The summed E-state index contributed by atoms with van der Waals surface area (Å²) in [5, 5.41) is 3.03. The van der Waals surface area contributed by atoms with E-state index >= 15 is 0 Å². The van der Waals surface area contributed by atoms with E-state index in [1.165, 1.54) is 7.11 Å². The summed E-state index contributed by atoms with van der Waals surface area (Å²) in [7, 11) is 1.39. The maximum atomic E-state index is 11.1. The molecular formula is C9H15NO3. The van der Waals surface area contributed by atoms with Crippen molar-refractivity contribution < 1.29 is 14.3 Å². The highest BCUT2D eigenvalue weighted by atomic mass is 16.5. The lowest BCUT2D eigenvalue weighted by atomic mass is 10.2. The van der Waals surface area contributed by atoms with Gasteiger partial charge in [0.05, 0.1) is 13.7 Å². The lowest BCUT2D eigenvalue weighted by molar-refractivity contribution is -0.143. The van der Waals surface area contributed by atoms with E-state index in [-0.39, 0.29) is 18.2 Å². The van der Waals surface area contributed by atoms with E-state index in [9.17, 15) is 4.79 Å². The van der Waals surface area contributed by atoms with Crippen LogP contribution in [0.3, 0.4) is 0 Å². The van der Waals surface area contributed by atoms with Gasteiger partial charge in [-0.3, -0.25) is 10.1 Å². The molecule has 1 aliphatic heterocycles. The van der Waals surface area contributed by atoms with Crippen LogP contribution < -0.4 is 5.32 Å². The highest BCUT2D eigenvalue weighted by molar-refractivity contribution is 5.75. The summed E-state index contributed by atoms with van der Waals surface area (Å²) in [5.41, 5.74) is 0. The molecular weight excluding hydrogens is 170 g/mol. The normalized spacial score (nSPS) is 27.2. The Morgan fingerprint density at radius 1 is 1.69 bits per heavy atom. The Hall–Kier alpha value is -0.870. The third kappa shape index (κ3) is 2.82. The molecule has 0 saturated carbocycles. The molecule has 1 rings (SSSR count). The number of rotatable bonds is 4. The van der Waals surface area contributed by atoms with Gasteiger partial charge in [0.2, 0.25) is 0 Å². The topological polar surface area (TPSA) is 47.6 Å². The van der Waals surface area contributed by atoms with Crippen molar-refractivity contribution in [1.82, 2.24) is 5.32 Å². The van der Waals surface area contributed by atoms with E-state index in [1.54, 1.807) is 6.08 Å². The Morgan fingerprint density at radius 2 is 2.46 bits per heavy atom. The molecule has 1 saturated heterocycles. The molecule has 4 nitrogen and oxygen atoms in total. The quantitative estimate of drug-likeness (QED) is 0.510. The Kier molecular flexibility index (Phi) is 3.92. The zero-order valence-corrected chi connectivity index (χ0v) is 7.79. The molecule has 0 aliphatic carbocycles. The van der Waals surface area contributed by atoms with Gasteiger partial charge in [0.15, 0.2) is 0 Å². The van der Waals surface area contributed by atoms with Crippen LogP contribution >= 0.6 is 0 Å². The maximum absolute atomic E-state index is 11.1. The highest BCUT2D eigenvalue weighted by Gasteiger charge is 2.29. The van der Waals surface area contributed by atoms with E-state index in [1.807, 2.05) is 0 Å². The second-order valence-corrected chi connectivity index (χ2v) is 2.93. The van der Waals surface area contributed by atoms with Crippen molar-refractivity contribution in [3.8, 4) is 0 Å². The van der Waals surface area contributed by atoms with Crippen LogP contribution in [0.25, 0.3) is 0 Å². The number of carbonyl (C=O) groups is 1. The lowest BCUT2D eigenvalue weighted by Crippen LogP contribution is -2.37. The molecule has 0 amide bonds. The van der Waals surface area contributed by atoms with Crippen molar-refractivity contribution in [1.29, 1.82) is 0 Å². The molecule has 1 aliphatic rings. The fraction of sp³-hybridized carbons (Fsp3) is 0.667. The van der Waals surface area contributed by atoms with Gasteiger partial charge in [-0.15, -0.1) is 6.58 Å². The summed E-state index contributed by atoms with van der Waals surface area (Å²) >= 11 is 0. The van der Waals surface area contributed by atoms with Crippen molar-refractivity contribution in [3.05, 3.63) is 12.7 Å². The first-order valence-corrected chi connectivity index (χ1v) is 4.34. The van der Waals surface area contributed by atoms with Crippen molar-refractivity contribution in [3.63, 3.8) is 0 Å². The predicted octanol–water partition coefficient (Wildman–Crippen LogP) is 0.440. The molecule has 2 unspecified atom stereocenters. The molecule has 74 valence electrons. The van der Waals surface area contributed by atoms with Gasteiger partial charge in [0.25, 0.3) is 0 Å². The molecule has 0 spiro atoms. The van der Waals surface area contributed by atoms with Gasteiger partial charge in [-0.25, -0.2) is 0 Å². The van der Waals surface area contributed by atoms with Crippen LogP contribution in [-0.4, -0.2) is 32.0 Å². The molecule has 0 aromatic rings. The Bertz CT molecular complexity index is 193. The van der Waals surface area contributed by atoms with E-state index < -0.39 is 0 Å². The first-order valence-electron chi connectivity index (χ1n) is 4.34. The molecule has 0 radical (unpaired) electrons. The molecule has 1 heterocycles. The fourth-order valence-electron chi connectivity index (χ4n) is 1.35. The summed E-state index contributed by atoms with van der Waals surface area (Å²) < 4.78 is 9.95. The van der Waals surface area contributed by atoms with Crippen molar-refractivity contribution in [2.45, 2.75) is 25.1 Å². The Labute approximate surface area is 77.9 Å². The first-order chi connectivity index (χ1) is 6.27. The van der Waals surface area contributed by atoms with Crippen molar-refractivity contribution in [2.75, 3.05) is 13.7 Å². The van der Waals surface area contributed by atoms with Gasteiger partial charge in [-0.05, 0) is 12.8 Å².